The normalized spacial score (nSPS) is 11.7. The lowest BCUT2D eigenvalue weighted by Crippen LogP contribution is -2.39. The van der Waals surface area contributed by atoms with E-state index in [1.807, 2.05) is 0 Å². The van der Waals surface area contributed by atoms with Crippen LogP contribution in [0.2, 0.25) is 0 Å². The van der Waals surface area contributed by atoms with Crippen molar-refractivity contribution in [3.8, 4) is 0 Å². The average Bonchev–Trinajstić information content (AvgIpc) is 3.49. The molecule has 244 valence electrons. The molecule has 0 aromatic carbocycles. The summed E-state index contributed by atoms with van der Waals surface area (Å²) in [6.07, 6.45) is 6.68. The summed E-state index contributed by atoms with van der Waals surface area (Å²) in [6.45, 7) is 3.84. The first-order valence-electron chi connectivity index (χ1n) is 14.6. The Balaban J connectivity index is 1.91. The lowest BCUT2D eigenvalue weighted by atomic mass is 10.1. The van der Waals surface area contributed by atoms with Crippen LogP contribution in [0.1, 0.15) is 51.1 Å². The largest absolute Gasteiger partial charge is 0.480 e. The molecule has 0 aliphatic rings. The number of unbranched alkanes of at least 4 members (excludes halogenated alkanes) is 2. The number of nitrogens with one attached hydrogen (secondary N) is 4. The number of amides is 2. The number of hydrogen-bond acceptors (Lipinski definition) is 11. The van der Waals surface area contributed by atoms with Crippen LogP contribution in [0, 0.1) is 0 Å². The predicted molar refractivity (Wildman–Crippen MR) is 154 cm³/mol. The number of ether oxygens (including phenoxy) is 4. The van der Waals surface area contributed by atoms with Crippen LogP contribution in [0.25, 0.3) is 0 Å². The van der Waals surface area contributed by atoms with Gasteiger partial charge in [-0.05, 0) is 19.3 Å². The number of carbonyl (C=O) groups is 5. The minimum Gasteiger partial charge on any atom is -0.480 e. The highest BCUT2D eigenvalue weighted by Crippen LogP contribution is 2.07. The van der Waals surface area contributed by atoms with Gasteiger partial charge in [-0.3, -0.25) is 29.3 Å². The number of Topliss-reactive ketones (excluding diaryl/α,β-unsaturated/α-hetero) is 2. The maximum absolute atomic E-state index is 12.0. The zero-order valence-electron chi connectivity index (χ0n) is 25.0. The average molecular weight is 614 g/mol. The molecule has 1 rings (SSSR count). The fourth-order valence-electron chi connectivity index (χ4n) is 3.66. The Morgan fingerprint density at radius 2 is 1.51 bits per heavy atom. The molecule has 0 aliphatic carbocycles. The van der Waals surface area contributed by atoms with Crippen LogP contribution in [0.3, 0.4) is 0 Å². The van der Waals surface area contributed by atoms with Crippen molar-refractivity contribution in [2.45, 2.75) is 57.9 Å². The molecule has 0 spiro atoms. The van der Waals surface area contributed by atoms with Gasteiger partial charge in [-0.1, -0.05) is 12.8 Å². The molecule has 15 nitrogen and oxygen atoms in total. The summed E-state index contributed by atoms with van der Waals surface area (Å²) >= 11 is 0. The van der Waals surface area contributed by atoms with Gasteiger partial charge in [0, 0.05) is 44.7 Å². The second-order valence-corrected chi connectivity index (χ2v) is 9.69. The molecule has 1 atom stereocenters. The Bertz CT molecular complexity index is 929. The summed E-state index contributed by atoms with van der Waals surface area (Å²) in [5, 5.41) is 17.5. The van der Waals surface area contributed by atoms with Crippen molar-refractivity contribution < 1.29 is 48.0 Å². The molecule has 1 aromatic heterocycles. The Labute approximate surface area is 252 Å². The number of rotatable bonds is 29. The van der Waals surface area contributed by atoms with Crippen LogP contribution in [-0.2, 0) is 49.3 Å². The minimum absolute atomic E-state index is 0.00497. The lowest BCUT2D eigenvalue weighted by Gasteiger charge is -2.13. The summed E-state index contributed by atoms with van der Waals surface area (Å²) in [6, 6.07) is -0.810. The Hall–Kier alpha value is -3.24. The number of aromatic nitrogens is 2. The van der Waals surface area contributed by atoms with Crippen LogP contribution >= 0.6 is 0 Å². The van der Waals surface area contributed by atoms with Crippen LogP contribution in [-0.4, -0.2) is 123 Å². The number of aromatic amines is 1. The second-order valence-electron chi connectivity index (χ2n) is 9.69. The summed E-state index contributed by atoms with van der Waals surface area (Å²) in [5.41, 5.74) is 0.856. The van der Waals surface area contributed by atoms with E-state index in [-0.39, 0.29) is 63.0 Å². The van der Waals surface area contributed by atoms with Crippen LogP contribution < -0.4 is 16.0 Å². The summed E-state index contributed by atoms with van der Waals surface area (Å²) < 4.78 is 21.1. The molecule has 1 heterocycles. The van der Waals surface area contributed by atoms with Crippen LogP contribution in [0.4, 0.5) is 0 Å². The predicted octanol–water partition coefficient (Wildman–Crippen LogP) is -0.207. The van der Waals surface area contributed by atoms with E-state index in [0.717, 1.165) is 5.69 Å². The minimum atomic E-state index is -1.00. The van der Waals surface area contributed by atoms with Gasteiger partial charge < -0.3 is 39.7 Å². The Morgan fingerprint density at radius 1 is 0.837 bits per heavy atom. The highest BCUT2D eigenvalue weighted by molar-refractivity contribution is 5.82. The van der Waals surface area contributed by atoms with E-state index in [2.05, 4.69) is 25.9 Å². The number of carboxylic acids is 1. The van der Waals surface area contributed by atoms with Crippen molar-refractivity contribution >= 4 is 29.4 Å². The van der Waals surface area contributed by atoms with Crippen LogP contribution in [0.15, 0.2) is 12.5 Å². The molecule has 5 N–H and O–H groups in total. The number of ketones is 2. The Morgan fingerprint density at radius 3 is 2.16 bits per heavy atom. The van der Waals surface area contributed by atoms with E-state index in [1.54, 1.807) is 12.5 Å². The fraction of sp³-hybridized carbons (Fsp3) is 0.714. The topological polar surface area (TPSA) is 207 Å². The zero-order valence-corrected chi connectivity index (χ0v) is 25.0. The number of aryl methyl sites for hydroxylation is 1. The number of H-pyrrole nitrogens is 1. The number of carboxylic acid groups (broad SMARTS) is 1. The monoisotopic (exact) mass is 613 g/mol. The molecule has 1 aromatic rings. The highest BCUT2D eigenvalue weighted by atomic mass is 16.5. The summed E-state index contributed by atoms with van der Waals surface area (Å²) in [7, 11) is 0. The van der Waals surface area contributed by atoms with Crippen molar-refractivity contribution in [2.75, 3.05) is 72.5 Å². The van der Waals surface area contributed by atoms with Gasteiger partial charge in [0.1, 0.15) is 25.0 Å². The SMILES string of the molecule is CC(=O)NCCOCCOCC(=O)NCCOCCOCC(=O)CCCCC[C@H](NCC(=O)CCc1cnc[nH]1)C(=O)O. The molecule has 43 heavy (non-hydrogen) atoms. The quantitative estimate of drug-likeness (QED) is 0.0744. The number of imidazole rings is 1. The Kier molecular flexibility index (Phi) is 22.2. The molecular formula is C28H47N5O10. The van der Waals surface area contributed by atoms with Gasteiger partial charge >= 0.3 is 5.97 Å². The first-order chi connectivity index (χ1) is 20.8. The van der Waals surface area contributed by atoms with Gasteiger partial charge in [0.05, 0.1) is 52.5 Å². The molecule has 0 saturated heterocycles. The molecule has 2 amide bonds. The molecule has 0 radical (unpaired) electrons. The number of hydrogen-bond donors (Lipinski definition) is 5. The smallest absolute Gasteiger partial charge is 0.320 e. The van der Waals surface area contributed by atoms with Crippen molar-refractivity contribution in [2.24, 2.45) is 0 Å². The van der Waals surface area contributed by atoms with E-state index in [0.29, 0.717) is 77.9 Å². The van der Waals surface area contributed by atoms with Gasteiger partial charge in [0.2, 0.25) is 11.8 Å². The van der Waals surface area contributed by atoms with Crippen molar-refractivity contribution in [1.29, 1.82) is 0 Å². The third kappa shape index (κ3) is 23.0. The third-order valence-electron chi connectivity index (χ3n) is 5.95. The highest BCUT2D eigenvalue weighted by Gasteiger charge is 2.17. The number of nitrogens with zero attached hydrogens (tertiary/aromatic N) is 1. The fourth-order valence-corrected chi connectivity index (χ4v) is 3.66. The summed E-state index contributed by atoms with van der Waals surface area (Å²) in [4.78, 5) is 64.7. The van der Waals surface area contributed by atoms with E-state index in [1.165, 1.54) is 6.92 Å². The molecule has 15 heteroatoms. The van der Waals surface area contributed by atoms with Crippen LogP contribution in [0.5, 0.6) is 0 Å². The van der Waals surface area contributed by atoms with Gasteiger partial charge in [0.25, 0.3) is 0 Å². The van der Waals surface area contributed by atoms with Crippen molar-refractivity contribution in [1.82, 2.24) is 25.9 Å². The number of carbonyl (C=O) groups excluding carboxylic acids is 4. The molecule has 0 fully saturated rings. The van der Waals surface area contributed by atoms with E-state index >= 15 is 0 Å². The lowest BCUT2D eigenvalue weighted by molar-refractivity contribution is -0.139. The molecule has 0 unspecified atom stereocenters. The maximum Gasteiger partial charge on any atom is 0.320 e. The van der Waals surface area contributed by atoms with E-state index < -0.39 is 12.0 Å². The van der Waals surface area contributed by atoms with Gasteiger partial charge in [-0.15, -0.1) is 0 Å². The van der Waals surface area contributed by atoms with Gasteiger partial charge in [-0.25, -0.2) is 4.98 Å². The van der Waals surface area contributed by atoms with Gasteiger partial charge in [0.15, 0.2) is 5.78 Å². The zero-order chi connectivity index (χ0) is 31.5. The molecule has 0 saturated carbocycles. The first-order valence-corrected chi connectivity index (χ1v) is 14.6. The standard InChI is InChI=1S/C28H47N5O10/c1-22(34)30-9-11-40-14-16-43-20-27(37)31-10-12-41-13-15-42-19-25(36)5-3-2-4-6-26(28(38)39)32-18-24(35)8-7-23-17-29-21-33-23/h17,21,26,32H,2-16,18-20H2,1H3,(H,29,33)(H,30,34)(H,31,37)(H,38,39)/t26-/m0/s1. The van der Waals surface area contributed by atoms with E-state index in [9.17, 15) is 29.1 Å². The first kappa shape index (κ1) is 37.8. The summed E-state index contributed by atoms with van der Waals surface area (Å²) in [5.74, 6) is -1.50. The second kappa shape index (κ2) is 25.3. The van der Waals surface area contributed by atoms with Gasteiger partial charge in [-0.2, -0.15) is 0 Å². The third-order valence-corrected chi connectivity index (χ3v) is 5.95. The van der Waals surface area contributed by atoms with Crippen molar-refractivity contribution in [3.05, 3.63) is 18.2 Å². The van der Waals surface area contributed by atoms with Crippen molar-refractivity contribution in [3.63, 3.8) is 0 Å². The molecule has 0 aliphatic heterocycles. The number of aliphatic carboxylic acids is 1. The molecule has 0 bridgehead atoms. The maximum atomic E-state index is 12.0. The molecular weight excluding hydrogens is 566 g/mol. The van der Waals surface area contributed by atoms with E-state index in [4.69, 9.17) is 18.9 Å².